The lowest BCUT2D eigenvalue weighted by Crippen LogP contribution is -2.27. The second kappa shape index (κ2) is 11.1. The summed E-state index contributed by atoms with van der Waals surface area (Å²) in [6, 6.07) is 20.5. The zero-order valence-electron chi connectivity index (χ0n) is 19.2. The number of amides is 1. The summed E-state index contributed by atoms with van der Waals surface area (Å²) in [5, 5.41) is 4.07. The van der Waals surface area contributed by atoms with E-state index in [1.54, 1.807) is 26.4 Å². The zero-order valence-corrected chi connectivity index (χ0v) is 20.0. The highest BCUT2D eigenvalue weighted by atomic mass is 32.2. The summed E-state index contributed by atoms with van der Waals surface area (Å²) in [7, 11) is 3.21. The molecule has 176 valence electrons. The van der Waals surface area contributed by atoms with Crippen LogP contribution in [0.15, 0.2) is 77.8 Å². The number of para-hydroxylation sites is 1. The third kappa shape index (κ3) is 5.72. The average Bonchev–Trinajstić information content (AvgIpc) is 3.20. The van der Waals surface area contributed by atoms with Gasteiger partial charge in [-0.2, -0.15) is 0 Å². The van der Waals surface area contributed by atoms with Crippen molar-refractivity contribution in [2.75, 3.05) is 26.5 Å². The van der Waals surface area contributed by atoms with E-state index in [0.29, 0.717) is 36.8 Å². The smallest absolute Gasteiger partial charge is 0.230 e. The Hall–Kier alpha value is -3.45. The first-order valence-electron chi connectivity index (χ1n) is 11.0. The predicted molar refractivity (Wildman–Crippen MR) is 134 cm³/mol. The maximum atomic E-state index is 13.6. The SMILES string of the molecule is COc1ccc(CCNC(=O)CSc2cn(Cc3cccc(F)c3)c3ccccc23)cc1OC. The van der Waals surface area contributed by atoms with Gasteiger partial charge in [0.15, 0.2) is 11.5 Å². The molecule has 1 N–H and O–H groups in total. The molecule has 1 aromatic heterocycles. The van der Waals surface area contributed by atoms with Gasteiger partial charge in [0.25, 0.3) is 0 Å². The molecule has 0 bridgehead atoms. The minimum absolute atomic E-state index is 0.0209. The van der Waals surface area contributed by atoms with Gasteiger partial charge in [-0.05, 0) is 47.9 Å². The summed E-state index contributed by atoms with van der Waals surface area (Å²) in [6.07, 6.45) is 2.74. The van der Waals surface area contributed by atoms with Crippen LogP contribution in [0, 0.1) is 5.82 Å². The van der Waals surface area contributed by atoms with Crippen molar-refractivity contribution in [3.8, 4) is 11.5 Å². The first kappa shape index (κ1) is 23.7. The zero-order chi connectivity index (χ0) is 23.9. The number of aromatic nitrogens is 1. The number of carbonyl (C=O) groups excluding carboxylic acids is 1. The van der Waals surface area contributed by atoms with Crippen LogP contribution in [0.25, 0.3) is 10.9 Å². The Morgan fingerprint density at radius 2 is 1.79 bits per heavy atom. The fraction of sp³-hybridized carbons (Fsp3) is 0.222. The third-order valence-electron chi connectivity index (χ3n) is 5.54. The van der Waals surface area contributed by atoms with Gasteiger partial charge in [-0.3, -0.25) is 4.79 Å². The molecule has 4 rings (SSSR count). The highest BCUT2D eigenvalue weighted by Crippen LogP contribution is 2.31. The molecule has 0 atom stereocenters. The second-order valence-corrected chi connectivity index (χ2v) is 8.86. The van der Waals surface area contributed by atoms with Crippen LogP contribution < -0.4 is 14.8 Å². The van der Waals surface area contributed by atoms with Gasteiger partial charge in [0, 0.05) is 35.1 Å². The molecule has 0 fully saturated rings. The van der Waals surface area contributed by atoms with E-state index in [9.17, 15) is 9.18 Å². The number of thioether (sulfide) groups is 1. The van der Waals surface area contributed by atoms with Gasteiger partial charge in [-0.1, -0.05) is 36.4 Å². The molecule has 4 aromatic rings. The molecule has 0 aliphatic heterocycles. The molecule has 1 heterocycles. The Balaban J connectivity index is 1.35. The summed E-state index contributed by atoms with van der Waals surface area (Å²) in [6.45, 7) is 1.10. The molecule has 7 heteroatoms. The van der Waals surface area contributed by atoms with Crippen molar-refractivity contribution in [3.05, 3.63) is 89.9 Å². The number of benzene rings is 3. The van der Waals surface area contributed by atoms with Crippen molar-refractivity contribution >= 4 is 28.6 Å². The molecule has 34 heavy (non-hydrogen) atoms. The molecule has 0 aliphatic rings. The van der Waals surface area contributed by atoms with E-state index in [1.807, 2.05) is 48.7 Å². The molecule has 0 saturated carbocycles. The molecule has 0 unspecified atom stereocenters. The van der Waals surface area contributed by atoms with E-state index in [4.69, 9.17) is 9.47 Å². The summed E-state index contributed by atoms with van der Waals surface area (Å²) >= 11 is 1.51. The first-order valence-corrected chi connectivity index (χ1v) is 12.0. The molecular weight excluding hydrogens is 451 g/mol. The summed E-state index contributed by atoms with van der Waals surface area (Å²) < 4.78 is 26.3. The Morgan fingerprint density at radius 1 is 0.971 bits per heavy atom. The molecule has 0 saturated heterocycles. The van der Waals surface area contributed by atoms with E-state index in [1.165, 1.54) is 17.8 Å². The normalized spacial score (nSPS) is 10.9. The first-order chi connectivity index (χ1) is 16.6. The van der Waals surface area contributed by atoms with Gasteiger partial charge in [-0.25, -0.2) is 4.39 Å². The number of nitrogens with zero attached hydrogens (tertiary/aromatic N) is 1. The number of rotatable bonds is 10. The van der Waals surface area contributed by atoms with E-state index in [2.05, 4.69) is 16.0 Å². The summed E-state index contributed by atoms with van der Waals surface area (Å²) in [4.78, 5) is 13.5. The average molecular weight is 479 g/mol. The van der Waals surface area contributed by atoms with Crippen molar-refractivity contribution < 1.29 is 18.7 Å². The molecular formula is C27H27FN2O3S. The monoisotopic (exact) mass is 478 g/mol. The molecule has 3 aromatic carbocycles. The summed E-state index contributed by atoms with van der Waals surface area (Å²) in [5.74, 6) is 1.42. The molecule has 0 aliphatic carbocycles. The number of halogens is 1. The topological polar surface area (TPSA) is 52.5 Å². The Kier molecular flexibility index (Phi) is 7.75. The lowest BCUT2D eigenvalue weighted by atomic mass is 10.1. The van der Waals surface area contributed by atoms with Crippen LogP contribution in [0.3, 0.4) is 0 Å². The maximum absolute atomic E-state index is 13.6. The largest absolute Gasteiger partial charge is 0.493 e. The predicted octanol–water partition coefficient (Wildman–Crippen LogP) is 5.30. The minimum atomic E-state index is -0.242. The third-order valence-corrected chi connectivity index (χ3v) is 6.58. The van der Waals surface area contributed by atoms with Crippen molar-refractivity contribution in [2.24, 2.45) is 0 Å². The number of carbonyl (C=O) groups is 1. The van der Waals surface area contributed by atoms with Gasteiger partial charge >= 0.3 is 0 Å². The van der Waals surface area contributed by atoms with Gasteiger partial charge < -0.3 is 19.4 Å². The van der Waals surface area contributed by atoms with Crippen LogP contribution in [0.2, 0.25) is 0 Å². The fourth-order valence-electron chi connectivity index (χ4n) is 3.87. The van der Waals surface area contributed by atoms with Crippen LogP contribution >= 0.6 is 11.8 Å². The number of methoxy groups -OCH3 is 2. The lowest BCUT2D eigenvalue weighted by Gasteiger charge is -2.10. The number of fused-ring (bicyclic) bond motifs is 1. The second-order valence-electron chi connectivity index (χ2n) is 7.85. The van der Waals surface area contributed by atoms with E-state index < -0.39 is 0 Å². The van der Waals surface area contributed by atoms with Crippen molar-refractivity contribution in [2.45, 2.75) is 17.9 Å². The van der Waals surface area contributed by atoms with E-state index >= 15 is 0 Å². The van der Waals surface area contributed by atoms with Crippen LogP contribution in [0.5, 0.6) is 11.5 Å². The Bertz CT molecular complexity index is 1290. The highest BCUT2D eigenvalue weighted by molar-refractivity contribution is 8.00. The van der Waals surface area contributed by atoms with Gasteiger partial charge in [0.1, 0.15) is 5.82 Å². The minimum Gasteiger partial charge on any atom is -0.493 e. The van der Waals surface area contributed by atoms with E-state index in [-0.39, 0.29) is 11.7 Å². The Morgan fingerprint density at radius 3 is 2.59 bits per heavy atom. The number of hydrogen-bond acceptors (Lipinski definition) is 4. The maximum Gasteiger partial charge on any atom is 0.230 e. The van der Waals surface area contributed by atoms with Crippen molar-refractivity contribution in [1.29, 1.82) is 0 Å². The van der Waals surface area contributed by atoms with Crippen LogP contribution in [0.4, 0.5) is 4.39 Å². The van der Waals surface area contributed by atoms with Crippen molar-refractivity contribution in [3.63, 3.8) is 0 Å². The quantitative estimate of drug-likeness (QED) is 0.315. The van der Waals surface area contributed by atoms with Crippen LogP contribution in [0.1, 0.15) is 11.1 Å². The summed E-state index contributed by atoms with van der Waals surface area (Å²) in [5.41, 5.74) is 3.01. The number of nitrogens with one attached hydrogen (secondary N) is 1. The highest BCUT2D eigenvalue weighted by Gasteiger charge is 2.12. The lowest BCUT2D eigenvalue weighted by molar-refractivity contribution is -0.118. The van der Waals surface area contributed by atoms with Crippen LogP contribution in [-0.2, 0) is 17.8 Å². The van der Waals surface area contributed by atoms with Crippen molar-refractivity contribution in [1.82, 2.24) is 9.88 Å². The molecule has 0 radical (unpaired) electrons. The number of ether oxygens (including phenoxy) is 2. The standard InChI is InChI=1S/C27H27FN2O3S/c1-32-24-11-10-19(15-25(24)33-2)12-13-29-27(31)18-34-26-17-30(23-9-4-3-8-22(23)26)16-20-6-5-7-21(28)14-20/h3-11,14-15,17H,12-13,16,18H2,1-2H3,(H,29,31). The van der Waals surface area contributed by atoms with Gasteiger partial charge in [-0.15, -0.1) is 11.8 Å². The number of hydrogen-bond donors (Lipinski definition) is 1. The van der Waals surface area contributed by atoms with Crippen LogP contribution in [-0.4, -0.2) is 37.0 Å². The fourth-order valence-corrected chi connectivity index (χ4v) is 4.79. The molecule has 1 amide bonds. The van der Waals surface area contributed by atoms with E-state index in [0.717, 1.165) is 26.9 Å². The van der Waals surface area contributed by atoms with Gasteiger partial charge in [0.05, 0.1) is 20.0 Å². The Labute approximate surface area is 202 Å². The molecule has 5 nitrogen and oxygen atoms in total. The van der Waals surface area contributed by atoms with Gasteiger partial charge in [0.2, 0.25) is 5.91 Å². The molecule has 0 spiro atoms.